The molecule has 0 radical (unpaired) electrons. The van der Waals surface area contributed by atoms with Gasteiger partial charge in [-0.1, -0.05) is 50.0 Å². The van der Waals surface area contributed by atoms with E-state index < -0.39 is 6.04 Å². The van der Waals surface area contributed by atoms with E-state index >= 15 is 0 Å². The van der Waals surface area contributed by atoms with Crippen molar-refractivity contribution in [3.63, 3.8) is 0 Å². The van der Waals surface area contributed by atoms with Crippen molar-refractivity contribution in [2.75, 3.05) is 19.6 Å². The molecule has 6 rings (SSSR count). The fourth-order valence-electron chi connectivity index (χ4n) is 5.87. The Morgan fingerprint density at radius 3 is 2.55 bits per heavy atom. The monoisotopic (exact) mass is 627 g/mol. The summed E-state index contributed by atoms with van der Waals surface area (Å²) in [6.07, 6.45) is 5.96. The number of aryl methyl sites for hydroxylation is 2. The van der Waals surface area contributed by atoms with E-state index in [1.54, 1.807) is 46.7 Å². The molecule has 0 bridgehead atoms. The van der Waals surface area contributed by atoms with E-state index in [0.717, 1.165) is 37.3 Å². The molecule has 2 aromatic carbocycles. The number of hydrogen-bond acceptors (Lipinski definition) is 7. The number of hydrogen-bond donors (Lipinski definition) is 1. The maximum atomic E-state index is 14.4. The zero-order valence-electron chi connectivity index (χ0n) is 27.2. The number of likely N-dealkylation sites (N-methyl/N-ethyl adjacent to an activating group) is 1. The Labute approximate surface area is 272 Å². The van der Waals surface area contributed by atoms with E-state index in [1.807, 2.05) is 61.1 Å². The molecule has 0 fully saturated rings. The van der Waals surface area contributed by atoms with Crippen molar-refractivity contribution < 1.29 is 4.79 Å². The molecule has 0 aliphatic rings. The Morgan fingerprint density at radius 1 is 1.02 bits per heavy atom. The number of carbonyl (C=O) groups excluding carboxylic acids is 1. The third-order valence-electron chi connectivity index (χ3n) is 8.42. The molecule has 0 saturated carbocycles. The molecule has 0 spiro atoms. The SMILES string of the molecule is CCN(CC)CCc1c(C#Cc2cccc3nc(C(C)NC(=O)c4c(C)nn5cccnc45)n(-c4ccccc4)c(=O)c23)cnn1C. The summed E-state index contributed by atoms with van der Waals surface area (Å²) in [6, 6.07) is 15.9. The molecule has 0 aliphatic carbocycles. The molecule has 6 aromatic rings. The highest BCUT2D eigenvalue weighted by Gasteiger charge is 2.24. The van der Waals surface area contributed by atoms with Gasteiger partial charge in [-0.15, -0.1) is 0 Å². The molecule has 1 amide bonds. The first kappa shape index (κ1) is 31.4. The van der Waals surface area contributed by atoms with E-state index in [0.29, 0.717) is 44.9 Å². The van der Waals surface area contributed by atoms with Crippen molar-refractivity contribution in [2.45, 2.75) is 40.2 Å². The summed E-state index contributed by atoms with van der Waals surface area (Å²) in [6.45, 7) is 10.8. The predicted molar refractivity (Wildman–Crippen MR) is 182 cm³/mol. The molecule has 238 valence electrons. The summed E-state index contributed by atoms with van der Waals surface area (Å²) in [5.74, 6) is 6.58. The van der Waals surface area contributed by atoms with Crippen molar-refractivity contribution in [2.24, 2.45) is 7.05 Å². The predicted octanol–water partition coefficient (Wildman–Crippen LogP) is 4.25. The highest BCUT2D eigenvalue weighted by molar-refractivity contribution is 6.01. The van der Waals surface area contributed by atoms with Crippen molar-refractivity contribution in [1.29, 1.82) is 0 Å². The molecule has 11 nitrogen and oxygen atoms in total. The molecular formula is C36H37N9O2. The molecular weight excluding hydrogens is 590 g/mol. The minimum Gasteiger partial charge on any atom is -0.342 e. The zero-order valence-corrected chi connectivity index (χ0v) is 27.2. The lowest BCUT2D eigenvalue weighted by atomic mass is 10.1. The van der Waals surface area contributed by atoms with Gasteiger partial charge >= 0.3 is 0 Å². The van der Waals surface area contributed by atoms with Gasteiger partial charge in [0.2, 0.25) is 0 Å². The summed E-state index contributed by atoms with van der Waals surface area (Å²) >= 11 is 0. The number of nitrogens with one attached hydrogen (secondary N) is 1. The van der Waals surface area contributed by atoms with Crippen molar-refractivity contribution in [1.82, 2.24) is 44.1 Å². The van der Waals surface area contributed by atoms with Crippen LogP contribution in [0.3, 0.4) is 0 Å². The maximum Gasteiger partial charge on any atom is 0.267 e. The minimum absolute atomic E-state index is 0.274. The topological polar surface area (TPSA) is 115 Å². The number of aromatic nitrogens is 7. The third-order valence-corrected chi connectivity index (χ3v) is 8.42. The summed E-state index contributed by atoms with van der Waals surface area (Å²) < 4.78 is 5.00. The van der Waals surface area contributed by atoms with Crippen LogP contribution in [0.5, 0.6) is 0 Å². The fraction of sp³-hybridized carbons (Fsp3) is 0.278. The third kappa shape index (κ3) is 6.15. The van der Waals surface area contributed by atoms with Crippen LogP contribution >= 0.6 is 0 Å². The van der Waals surface area contributed by atoms with Gasteiger partial charge in [-0.05, 0) is 57.3 Å². The molecule has 0 saturated heterocycles. The van der Waals surface area contributed by atoms with E-state index in [4.69, 9.17) is 4.98 Å². The first-order chi connectivity index (χ1) is 22.8. The second-order valence-electron chi connectivity index (χ2n) is 11.3. The van der Waals surface area contributed by atoms with Crippen LogP contribution in [0.15, 0.2) is 78.0 Å². The summed E-state index contributed by atoms with van der Waals surface area (Å²) in [5, 5.41) is 12.3. The van der Waals surface area contributed by atoms with E-state index in [1.165, 1.54) is 0 Å². The molecule has 11 heteroatoms. The summed E-state index contributed by atoms with van der Waals surface area (Å²) in [7, 11) is 1.93. The van der Waals surface area contributed by atoms with Crippen LogP contribution in [-0.4, -0.2) is 64.4 Å². The van der Waals surface area contributed by atoms with Gasteiger partial charge in [0.1, 0.15) is 11.4 Å². The van der Waals surface area contributed by atoms with Gasteiger partial charge in [0, 0.05) is 38.0 Å². The zero-order chi connectivity index (χ0) is 33.1. The quantitative estimate of drug-likeness (QED) is 0.239. The van der Waals surface area contributed by atoms with E-state index in [2.05, 4.69) is 51.1 Å². The van der Waals surface area contributed by atoms with Gasteiger partial charge in [-0.25, -0.2) is 14.5 Å². The van der Waals surface area contributed by atoms with Crippen molar-refractivity contribution in [3.05, 3.63) is 117 Å². The minimum atomic E-state index is -0.642. The van der Waals surface area contributed by atoms with E-state index in [9.17, 15) is 9.59 Å². The second kappa shape index (κ2) is 13.4. The molecule has 0 aliphatic heterocycles. The molecule has 47 heavy (non-hydrogen) atoms. The van der Waals surface area contributed by atoms with Crippen LogP contribution in [-0.2, 0) is 13.5 Å². The van der Waals surface area contributed by atoms with Crippen LogP contribution in [0.4, 0.5) is 0 Å². The van der Waals surface area contributed by atoms with Crippen LogP contribution in [0.1, 0.15) is 65.5 Å². The smallest absolute Gasteiger partial charge is 0.267 e. The number of rotatable bonds is 9. The molecule has 1 unspecified atom stereocenters. The lowest BCUT2D eigenvalue weighted by Crippen LogP contribution is -2.33. The van der Waals surface area contributed by atoms with Gasteiger partial charge in [-0.3, -0.25) is 18.8 Å². The Kier molecular flexibility index (Phi) is 8.95. The number of nitrogens with zero attached hydrogens (tertiary/aromatic N) is 8. The number of para-hydroxylation sites is 1. The Hall–Kier alpha value is -5.60. The average molecular weight is 628 g/mol. The molecule has 1 N–H and O–H groups in total. The standard InChI is InChI=1S/C36H37N9O2/c1-6-43(7-2)22-19-30-27(23-38-42(30)5)18-17-26-13-11-16-29-32(26)36(47)45(28-14-9-8-10-15-28)33(40-29)25(4)39-35(46)31-24(3)41-44-21-12-20-37-34(31)44/h8-16,20-21,23,25H,6-7,19,22H2,1-5H3,(H,39,46). The summed E-state index contributed by atoms with van der Waals surface area (Å²) in [4.78, 5) is 39.7. The maximum absolute atomic E-state index is 14.4. The van der Waals surface area contributed by atoms with Crippen LogP contribution < -0.4 is 10.9 Å². The van der Waals surface area contributed by atoms with Gasteiger partial charge in [0.15, 0.2) is 5.65 Å². The molecule has 1 atom stereocenters. The van der Waals surface area contributed by atoms with Crippen LogP contribution in [0, 0.1) is 18.8 Å². The summed E-state index contributed by atoms with van der Waals surface area (Å²) in [5.41, 5.74) is 4.67. The first-order valence-electron chi connectivity index (χ1n) is 15.8. The first-order valence-corrected chi connectivity index (χ1v) is 15.8. The Balaban J connectivity index is 1.42. The van der Waals surface area contributed by atoms with Gasteiger partial charge in [-0.2, -0.15) is 10.2 Å². The second-order valence-corrected chi connectivity index (χ2v) is 11.3. The Morgan fingerprint density at radius 2 is 1.79 bits per heavy atom. The number of carbonyl (C=O) groups is 1. The van der Waals surface area contributed by atoms with Crippen LogP contribution in [0.25, 0.3) is 22.2 Å². The van der Waals surface area contributed by atoms with E-state index in [-0.39, 0.29) is 11.5 Å². The highest BCUT2D eigenvalue weighted by atomic mass is 16.2. The van der Waals surface area contributed by atoms with Gasteiger partial charge in [0.05, 0.1) is 45.8 Å². The Bertz CT molecular complexity index is 2200. The number of amides is 1. The van der Waals surface area contributed by atoms with Crippen molar-refractivity contribution >= 4 is 22.5 Å². The van der Waals surface area contributed by atoms with Crippen molar-refractivity contribution in [3.8, 4) is 17.5 Å². The van der Waals surface area contributed by atoms with Gasteiger partial charge in [0.25, 0.3) is 11.5 Å². The average Bonchev–Trinajstić information content (AvgIpc) is 3.61. The number of fused-ring (bicyclic) bond motifs is 2. The van der Waals surface area contributed by atoms with Gasteiger partial charge < -0.3 is 10.2 Å². The normalized spacial score (nSPS) is 12.0. The molecule has 4 heterocycles. The lowest BCUT2D eigenvalue weighted by molar-refractivity contribution is 0.0938. The molecule has 4 aromatic heterocycles. The fourth-order valence-corrected chi connectivity index (χ4v) is 5.87. The highest BCUT2D eigenvalue weighted by Crippen LogP contribution is 2.22. The lowest BCUT2D eigenvalue weighted by Gasteiger charge is -2.20. The number of benzene rings is 2. The largest absolute Gasteiger partial charge is 0.342 e. The van der Waals surface area contributed by atoms with Crippen LogP contribution in [0.2, 0.25) is 0 Å².